The molecule has 5 nitrogen and oxygen atoms in total. The van der Waals surface area contributed by atoms with Crippen LogP contribution in [0.3, 0.4) is 0 Å². The Morgan fingerprint density at radius 1 is 1.50 bits per heavy atom. The molecule has 6 heteroatoms. The predicted octanol–water partition coefficient (Wildman–Crippen LogP) is 1.62. The first kappa shape index (κ1) is 13.4. The fraction of sp³-hybridized carbons (Fsp3) is 0.667. The molecule has 0 spiro atoms. The van der Waals surface area contributed by atoms with Gasteiger partial charge in [-0.3, -0.25) is 0 Å². The van der Waals surface area contributed by atoms with E-state index in [0.29, 0.717) is 17.3 Å². The lowest BCUT2D eigenvalue weighted by molar-refractivity contribution is 0.244. The lowest BCUT2D eigenvalue weighted by Crippen LogP contribution is -2.37. The molecule has 18 heavy (non-hydrogen) atoms. The Hall–Kier alpha value is -1.07. The Morgan fingerprint density at radius 3 is 3.00 bits per heavy atom. The summed E-state index contributed by atoms with van der Waals surface area (Å²) in [6, 6.07) is 0. The summed E-state index contributed by atoms with van der Waals surface area (Å²) in [6.45, 7) is 3.87. The number of aromatic nitrogens is 2. The third-order valence-electron chi connectivity index (χ3n) is 3.44. The van der Waals surface area contributed by atoms with Gasteiger partial charge in [0.05, 0.1) is 11.4 Å². The first-order valence-corrected chi connectivity index (χ1v) is 6.65. The van der Waals surface area contributed by atoms with Crippen LogP contribution in [0.1, 0.15) is 25.0 Å². The molecule has 3 N–H and O–H groups in total. The topological polar surface area (TPSA) is 75.3 Å². The Balaban J connectivity index is 2.20. The van der Waals surface area contributed by atoms with Crippen molar-refractivity contribution in [1.82, 2.24) is 9.97 Å². The highest BCUT2D eigenvalue weighted by molar-refractivity contribution is 6.28. The molecule has 0 amide bonds. The highest BCUT2D eigenvalue weighted by Gasteiger charge is 2.23. The number of hydrogen-bond acceptors (Lipinski definition) is 5. The summed E-state index contributed by atoms with van der Waals surface area (Å²) in [4.78, 5) is 10.4. The molecule has 1 fully saturated rings. The zero-order valence-electron chi connectivity index (χ0n) is 10.6. The number of aryl methyl sites for hydroxylation is 1. The number of nitrogens with zero attached hydrogens (tertiary/aromatic N) is 3. The zero-order chi connectivity index (χ0) is 13.1. The van der Waals surface area contributed by atoms with E-state index in [9.17, 15) is 0 Å². The average Bonchev–Trinajstić information content (AvgIpc) is 2.34. The van der Waals surface area contributed by atoms with Crippen LogP contribution in [-0.4, -0.2) is 34.8 Å². The van der Waals surface area contributed by atoms with E-state index in [-0.39, 0.29) is 11.9 Å². The summed E-state index contributed by atoms with van der Waals surface area (Å²) in [7, 11) is 0. The van der Waals surface area contributed by atoms with Gasteiger partial charge in [0.2, 0.25) is 5.28 Å². The normalized spacial score (nSPS) is 20.2. The molecule has 2 rings (SSSR count). The molecule has 1 aliphatic heterocycles. The number of anilines is 2. The van der Waals surface area contributed by atoms with Crippen molar-refractivity contribution in [3.8, 4) is 0 Å². The third-order valence-corrected chi connectivity index (χ3v) is 3.61. The maximum Gasteiger partial charge on any atom is 0.224 e. The second-order valence-corrected chi connectivity index (χ2v) is 5.12. The molecule has 0 bridgehead atoms. The highest BCUT2D eigenvalue weighted by Crippen LogP contribution is 2.29. The monoisotopic (exact) mass is 270 g/mol. The summed E-state index contributed by atoms with van der Waals surface area (Å²) in [5.41, 5.74) is 7.34. The van der Waals surface area contributed by atoms with Crippen LogP contribution in [0.5, 0.6) is 0 Å². The van der Waals surface area contributed by atoms with Crippen LogP contribution in [0.15, 0.2) is 0 Å². The van der Waals surface area contributed by atoms with Crippen molar-refractivity contribution >= 4 is 23.1 Å². The Morgan fingerprint density at radius 2 is 2.28 bits per heavy atom. The van der Waals surface area contributed by atoms with Gasteiger partial charge in [0, 0.05) is 19.7 Å². The van der Waals surface area contributed by atoms with Crippen molar-refractivity contribution in [1.29, 1.82) is 0 Å². The second-order valence-electron chi connectivity index (χ2n) is 4.78. The van der Waals surface area contributed by atoms with Gasteiger partial charge < -0.3 is 15.7 Å². The van der Waals surface area contributed by atoms with Gasteiger partial charge >= 0.3 is 0 Å². The highest BCUT2D eigenvalue weighted by atomic mass is 35.5. The quantitative estimate of drug-likeness (QED) is 0.817. The smallest absolute Gasteiger partial charge is 0.224 e. The van der Waals surface area contributed by atoms with E-state index in [0.717, 1.165) is 38.2 Å². The summed E-state index contributed by atoms with van der Waals surface area (Å²) < 4.78 is 0. The van der Waals surface area contributed by atoms with E-state index in [1.54, 1.807) is 0 Å². The van der Waals surface area contributed by atoms with Gasteiger partial charge in [-0.15, -0.1) is 0 Å². The lowest BCUT2D eigenvalue weighted by atomic mass is 9.95. The van der Waals surface area contributed by atoms with Gasteiger partial charge in [0.15, 0.2) is 5.82 Å². The van der Waals surface area contributed by atoms with Crippen molar-refractivity contribution in [3.63, 3.8) is 0 Å². The number of aliphatic hydroxyl groups is 1. The molecule has 0 saturated carbocycles. The minimum Gasteiger partial charge on any atom is -0.396 e. The predicted molar refractivity (Wildman–Crippen MR) is 72.8 cm³/mol. The van der Waals surface area contributed by atoms with Gasteiger partial charge in [-0.2, -0.15) is 4.98 Å². The Kier molecular flexibility index (Phi) is 4.24. The Labute approximate surface area is 112 Å². The van der Waals surface area contributed by atoms with Crippen LogP contribution in [-0.2, 0) is 0 Å². The van der Waals surface area contributed by atoms with E-state index in [1.165, 1.54) is 0 Å². The molecule has 100 valence electrons. The lowest BCUT2D eigenvalue weighted by Gasteiger charge is -2.34. The first-order chi connectivity index (χ1) is 8.61. The molecule has 2 heterocycles. The molecule has 0 radical (unpaired) electrons. The average molecular weight is 271 g/mol. The van der Waals surface area contributed by atoms with Gasteiger partial charge in [-0.25, -0.2) is 4.98 Å². The van der Waals surface area contributed by atoms with Crippen molar-refractivity contribution in [2.45, 2.75) is 26.2 Å². The van der Waals surface area contributed by atoms with Gasteiger partial charge in [0.1, 0.15) is 0 Å². The number of piperidine rings is 1. The molecule has 1 aromatic heterocycles. The van der Waals surface area contributed by atoms with Crippen molar-refractivity contribution in [2.75, 3.05) is 30.3 Å². The van der Waals surface area contributed by atoms with E-state index in [1.807, 2.05) is 6.92 Å². The van der Waals surface area contributed by atoms with Crippen LogP contribution in [0.2, 0.25) is 5.28 Å². The Bertz CT molecular complexity index is 425. The number of hydrogen-bond donors (Lipinski definition) is 2. The van der Waals surface area contributed by atoms with Gasteiger partial charge in [0.25, 0.3) is 0 Å². The summed E-state index contributed by atoms with van der Waals surface area (Å²) in [5.74, 6) is 1.23. The standard InChI is InChI=1S/C12H19ClN4O/c1-8-10(14)11(16-12(13)15-8)17-5-2-3-9(7-17)4-6-18/h9,18H,2-7,14H2,1H3. The molecule has 1 atom stereocenters. The van der Waals surface area contributed by atoms with Crippen molar-refractivity contribution in [2.24, 2.45) is 5.92 Å². The van der Waals surface area contributed by atoms with E-state index < -0.39 is 0 Å². The molecular weight excluding hydrogens is 252 g/mol. The second kappa shape index (κ2) is 5.71. The van der Waals surface area contributed by atoms with Crippen LogP contribution >= 0.6 is 11.6 Å². The molecule has 1 saturated heterocycles. The SMILES string of the molecule is Cc1nc(Cl)nc(N2CCCC(CCO)C2)c1N. The van der Waals surface area contributed by atoms with Crippen LogP contribution < -0.4 is 10.6 Å². The number of rotatable bonds is 3. The summed E-state index contributed by atoms with van der Waals surface area (Å²) in [5, 5.41) is 9.27. The van der Waals surface area contributed by atoms with Crippen molar-refractivity contribution in [3.05, 3.63) is 11.0 Å². The largest absolute Gasteiger partial charge is 0.396 e. The first-order valence-electron chi connectivity index (χ1n) is 6.27. The van der Waals surface area contributed by atoms with E-state index in [2.05, 4.69) is 14.9 Å². The summed E-state index contributed by atoms with van der Waals surface area (Å²) in [6.07, 6.45) is 3.06. The molecule has 0 aliphatic carbocycles. The van der Waals surface area contributed by atoms with Gasteiger partial charge in [-0.1, -0.05) is 0 Å². The maximum atomic E-state index is 9.03. The number of nitrogen functional groups attached to an aromatic ring is 1. The molecule has 1 aromatic rings. The molecular formula is C12H19ClN4O. The van der Waals surface area contributed by atoms with Crippen LogP contribution in [0.25, 0.3) is 0 Å². The molecule has 0 aromatic carbocycles. The molecule has 1 unspecified atom stereocenters. The number of halogens is 1. The van der Waals surface area contributed by atoms with Gasteiger partial charge in [-0.05, 0) is 43.7 Å². The fourth-order valence-corrected chi connectivity index (χ4v) is 2.66. The van der Waals surface area contributed by atoms with Crippen molar-refractivity contribution < 1.29 is 5.11 Å². The zero-order valence-corrected chi connectivity index (χ0v) is 11.3. The molecule has 1 aliphatic rings. The third kappa shape index (κ3) is 2.84. The minimum absolute atomic E-state index is 0.234. The fourth-order valence-electron chi connectivity index (χ4n) is 2.45. The van der Waals surface area contributed by atoms with Crippen LogP contribution in [0.4, 0.5) is 11.5 Å². The number of aliphatic hydroxyl groups excluding tert-OH is 1. The minimum atomic E-state index is 0.234. The number of nitrogens with two attached hydrogens (primary N) is 1. The van der Waals surface area contributed by atoms with Crippen LogP contribution in [0, 0.1) is 12.8 Å². The maximum absolute atomic E-state index is 9.03. The van der Waals surface area contributed by atoms with E-state index >= 15 is 0 Å². The summed E-state index contributed by atoms with van der Waals surface area (Å²) >= 11 is 5.89. The van der Waals surface area contributed by atoms with E-state index in [4.69, 9.17) is 22.4 Å².